The molecule has 2 fully saturated rings. The van der Waals surface area contributed by atoms with Gasteiger partial charge < -0.3 is 18.9 Å². The van der Waals surface area contributed by atoms with Crippen molar-refractivity contribution in [2.75, 3.05) is 26.0 Å². The number of aromatic nitrogens is 1. The highest BCUT2D eigenvalue weighted by Crippen LogP contribution is 2.39. The molecular formula is C29H28Cl2F2N2O7S2. The van der Waals surface area contributed by atoms with Crippen molar-refractivity contribution in [1.29, 1.82) is 0 Å². The number of benzene rings is 2. The first-order chi connectivity index (χ1) is 21.1. The van der Waals surface area contributed by atoms with E-state index >= 15 is 0 Å². The fourth-order valence-electron chi connectivity index (χ4n) is 4.54. The normalized spacial score (nSPS) is 17.8. The van der Waals surface area contributed by atoms with Crippen LogP contribution in [0.2, 0.25) is 10.0 Å². The van der Waals surface area contributed by atoms with Gasteiger partial charge >= 0.3 is 12.6 Å². The number of sulfonamides is 1. The zero-order chi connectivity index (χ0) is 31.4. The molecule has 2 atom stereocenters. The van der Waals surface area contributed by atoms with Gasteiger partial charge in [-0.15, -0.1) is 11.8 Å². The van der Waals surface area contributed by atoms with Crippen LogP contribution in [-0.2, 0) is 26.0 Å². The topological polar surface area (TPSA) is 104 Å². The molecule has 0 radical (unpaired) electrons. The Bertz CT molecular complexity index is 1570. The first-order valence-electron chi connectivity index (χ1n) is 13.5. The number of ether oxygens (including phenoxy) is 4. The number of hydrogen-bond donors (Lipinski definition) is 0. The van der Waals surface area contributed by atoms with Crippen molar-refractivity contribution in [3.8, 4) is 17.2 Å². The second-order valence-electron chi connectivity index (χ2n) is 10.1. The number of carbonyl (C=O) groups excluding carboxylic acids is 1. The molecule has 2 heterocycles. The van der Waals surface area contributed by atoms with E-state index in [0.717, 1.165) is 28.9 Å². The molecule has 2 aliphatic rings. The molecule has 0 amide bonds. The van der Waals surface area contributed by atoms with Gasteiger partial charge in [-0.1, -0.05) is 29.3 Å². The Morgan fingerprint density at radius 2 is 1.80 bits per heavy atom. The zero-order valence-corrected chi connectivity index (χ0v) is 26.5. The van der Waals surface area contributed by atoms with Crippen LogP contribution in [0.4, 0.5) is 8.78 Å². The Balaban J connectivity index is 1.45. The van der Waals surface area contributed by atoms with Crippen LogP contribution in [0.5, 0.6) is 17.2 Å². The Hall–Kier alpha value is -2.84. The number of esters is 1. The molecular weight excluding hydrogens is 661 g/mol. The summed E-state index contributed by atoms with van der Waals surface area (Å²) in [7, 11) is -2.60. The fraction of sp³-hybridized carbons (Fsp3) is 0.379. The molecule has 1 aromatic heterocycles. The minimum absolute atomic E-state index is 0.00225. The summed E-state index contributed by atoms with van der Waals surface area (Å²) in [6, 6.07) is 10.1. The number of halogens is 4. The summed E-state index contributed by atoms with van der Waals surface area (Å²) in [6.07, 6.45) is 3.64. The van der Waals surface area contributed by atoms with E-state index < -0.39 is 34.1 Å². The molecule has 1 aliphatic heterocycles. The first kappa shape index (κ1) is 32.6. The lowest BCUT2D eigenvalue weighted by molar-refractivity contribution is -0.150. The second kappa shape index (κ2) is 14.1. The van der Waals surface area contributed by atoms with Crippen LogP contribution in [0.25, 0.3) is 0 Å². The molecule has 1 saturated heterocycles. The lowest BCUT2D eigenvalue weighted by Crippen LogP contribution is -2.40. The van der Waals surface area contributed by atoms with Crippen LogP contribution in [0, 0.1) is 5.92 Å². The maximum Gasteiger partial charge on any atom is 0.387 e. The van der Waals surface area contributed by atoms with Crippen molar-refractivity contribution in [3.63, 3.8) is 0 Å². The molecule has 1 aliphatic carbocycles. The molecule has 0 bridgehead atoms. The lowest BCUT2D eigenvalue weighted by Gasteiger charge is -2.26. The quantitative estimate of drug-likeness (QED) is 0.189. The van der Waals surface area contributed by atoms with Crippen molar-refractivity contribution in [2.45, 2.75) is 42.2 Å². The largest absolute Gasteiger partial charge is 0.497 e. The molecule has 44 heavy (non-hydrogen) atoms. The van der Waals surface area contributed by atoms with Crippen LogP contribution in [-0.4, -0.2) is 61.7 Å². The molecule has 1 saturated carbocycles. The summed E-state index contributed by atoms with van der Waals surface area (Å²) >= 11 is 13.9. The number of methoxy groups -OCH3 is 1. The third kappa shape index (κ3) is 7.68. The van der Waals surface area contributed by atoms with Gasteiger partial charge in [-0.25, -0.2) is 13.2 Å². The van der Waals surface area contributed by atoms with Crippen molar-refractivity contribution in [3.05, 3.63) is 76.0 Å². The van der Waals surface area contributed by atoms with Gasteiger partial charge in [0.1, 0.15) is 11.9 Å². The van der Waals surface area contributed by atoms with Gasteiger partial charge in [0.05, 0.1) is 28.7 Å². The van der Waals surface area contributed by atoms with Gasteiger partial charge in [-0.05, 0) is 66.3 Å². The second-order valence-corrected chi connectivity index (χ2v) is 14.0. The Morgan fingerprint density at radius 3 is 2.43 bits per heavy atom. The van der Waals surface area contributed by atoms with E-state index in [-0.39, 0.29) is 39.4 Å². The number of alkyl halides is 2. The third-order valence-electron chi connectivity index (χ3n) is 7.04. The minimum atomic E-state index is -4.07. The molecule has 5 rings (SSSR count). The molecule has 3 aromatic rings. The van der Waals surface area contributed by atoms with Crippen LogP contribution in [0.3, 0.4) is 0 Å². The molecule has 9 nitrogen and oxygen atoms in total. The number of nitrogens with zero attached hydrogens (tertiary/aromatic N) is 2. The smallest absolute Gasteiger partial charge is 0.387 e. The van der Waals surface area contributed by atoms with Crippen LogP contribution in [0.15, 0.2) is 59.8 Å². The van der Waals surface area contributed by atoms with E-state index in [1.54, 1.807) is 0 Å². The van der Waals surface area contributed by atoms with Crippen LogP contribution >= 0.6 is 35.0 Å². The molecule has 0 N–H and O–H groups in total. The maximum atomic E-state index is 13.7. The summed E-state index contributed by atoms with van der Waals surface area (Å²) in [4.78, 5) is 17.7. The predicted octanol–water partition coefficient (Wildman–Crippen LogP) is 6.38. The highest BCUT2D eigenvalue weighted by molar-refractivity contribution is 8.02. The predicted molar refractivity (Wildman–Crippen MR) is 161 cm³/mol. The molecule has 236 valence electrons. The van der Waals surface area contributed by atoms with E-state index in [4.69, 9.17) is 37.4 Å². The summed E-state index contributed by atoms with van der Waals surface area (Å²) in [5.74, 6) is 0.237. The zero-order valence-electron chi connectivity index (χ0n) is 23.3. The average molecular weight is 690 g/mol. The molecule has 2 aromatic carbocycles. The van der Waals surface area contributed by atoms with Crippen LogP contribution < -0.4 is 14.2 Å². The SMILES string of the molecule is COc1ccc(S(=O)(=O)N2CCS[C@H]2C(=O)OC(Cc2c(Cl)cncc2Cl)c2ccc(OC(F)F)c(OCC3CC3)c2)cc1. The Morgan fingerprint density at radius 1 is 1.09 bits per heavy atom. The fourth-order valence-corrected chi connectivity index (χ4v) is 8.10. The summed E-state index contributed by atoms with van der Waals surface area (Å²) in [5, 5.41) is -0.735. The van der Waals surface area contributed by atoms with Crippen molar-refractivity contribution < 1.29 is 40.9 Å². The monoisotopic (exact) mass is 688 g/mol. The number of carbonyl (C=O) groups is 1. The van der Waals surface area contributed by atoms with Gasteiger partial charge in [0, 0.05) is 31.1 Å². The molecule has 15 heteroatoms. The molecule has 0 spiro atoms. The lowest BCUT2D eigenvalue weighted by atomic mass is 10.0. The standard InChI is InChI=1S/C29H28Cl2F2N2O7S2/c1-39-19-5-7-20(8-6-19)44(37,38)35-10-11-43-27(35)28(36)41-25(13-21-22(30)14-34-15-23(21)31)18-4-9-24(42-29(32)33)26(12-18)40-16-17-2-3-17/h4-9,12,14-15,17,25,27,29H,2-3,10-11,13,16H2,1H3/t25?,27-/m0/s1. The number of rotatable bonds is 13. The van der Waals surface area contributed by atoms with Crippen molar-refractivity contribution in [1.82, 2.24) is 9.29 Å². The summed E-state index contributed by atoms with van der Waals surface area (Å²) in [5.41, 5.74) is 0.804. The van der Waals surface area contributed by atoms with Gasteiger partial charge in [0.15, 0.2) is 16.9 Å². The highest BCUT2D eigenvalue weighted by Gasteiger charge is 2.42. The van der Waals surface area contributed by atoms with E-state index in [2.05, 4.69) is 9.72 Å². The summed E-state index contributed by atoms with van der Waals surface area (Å²) in [6.45, 7) is -2.68. The van der Waals surface area contributed by atoms with E-state index in [1.807, 2.05) is 0 Å². The maximum absolute atomic E-state index is 13.7. The third-order valence-corrected chi connectivity index (χ3v) is 10.9. The molecule has 1 unspecified atom stereocenters. The van der Waals surface area contributed by atoms with Crippen molar-refractivity contribution >= 4 is 51.0 Å². The first-order valence-corrected chi connectivity index (χ1v) is 16.8. The van der Waals surface area contributed by atoms with Gasteiger partial charge in [0.2, 0.25) is 10.0 Å². The number of hydrogen-bond acceptors (Lipinski definition) is 9. The van der Waals surface area contributed by atoms with Gasteiger partial charge in [-0.3, -0.25) is 4.98 Å². The Labute approximate surface area is 267 Å². The van der Waals surface area contributed by atoms with Gasteiger partial charge in [-0.2, -0.15) is 13.1 Å². The van der Waals surface area contributed by atoms with Crippen LogP contribution in [0.1, 0.15) is 30.1 Å². The van der Waals surface area contributed by atoms with E-state index in [0.29, 0.717) is 35.2 Å². The highest BCUT2D eigenvalue weighted by atomic mass is 35.5. The minimum Gasteiger partial charge on any atom is -0.497 e. The summed E-state index contributed by atoms with van der Waals surface area (Å²) < 4.78 is 76.0. The van der Waals surface area contributed by atoms with Gasteiger partial charge in [0.25, 0.3) is 0 Å². The number of thioether (sulfide) groups is 1. The van der Waals surface area contributed by atoms with Crippen molar-refractivity contribution in [2.24, 2.45) is 5.92 Å². The average Bonchev–Trinajstić information content (AvgIpc) is 3.69. The number of pyridine rings is 1. The van der Waals surface area contributed by atoms with E-state index in [9.17, 15) is 22.0 Å². The van der Waals surface area contributed by atoms with E-state index in [1.165, 1.54) is 62.0 Å². The Kier molecular flexibility index (Phi) is 10.4.